The van der Waals surface area contributed by atoms with E-state index in [9.17, 15) is 14.4 Å². The molecule has 180 valence electrons. The van der Waals surface area contributed by atoms with Crippen molar-refractivity contribution in [1.29, 1.82) is 0 Å². The summed E-state index contributed by atoms with van der Waals surface area (Å²) in [5.74, 6) is 0.755. The second-order valence-corrected chi connectivity index (χ2v) is 9.78. The van der Waals surface area contributed by atoms with Gasteiger partial charge in [0.2, 0.25) is 11.8 Å². The third-order valence-corrected chi connectivity index (χ3v) is 7.20. The van der Waals surface area contributed by atoms with Crippen molar-refractivity contribution < 1.29 is 9.59 Å². The van der Waals surface area contributed by atoms with Crippen molar-refractivity contribution in [3.05, 3.63) is 64.1 Å². The number of benzene rings is 1. The molecule has 0 bridgehead atoms. The lowest BCUT2D eigenvalue weighted by Crippen LogP contribution is -2.30. The Balaban J connectivity index is 1.30. The second-order valence-electron chi connectivity index (χ2n) is 8.45. The zero-order valence-electron chi connectivity index (χ0n) is 19.7. The van der Waals surface area contributed by atoms with Gasteiger partial charge in [-0.05, 0) is 38.8 Å². The number of imidazole rings is 1. The van der Waals surface area contributed by atoms with Gasteiger partial charge in [0, 0.05) is 26.2 Å². The molecule has 3 aromatic rings. The van der Waals surface area contributed by atoms with Crippen LogP contribution in [0.2, 0.25) is 0 Å². The normalized spacial score (nSPS) is 13.9. The van der Waals surface area contributed by atoms with Crippen molar-refractivity contribution in [2.75, 3.05) is 11.1 Å². The molecule has 1 unspecified atom stereocenters. The van der Waals surface area contributed by atoms with Gasteiger partial charge in [0.1, 0.15) is 11.5 Å². The number of fused-ring (bicyclic) bond motifs is 1. The van der Waals surface area contributed by atoms with Crippen LogP contribution in [0.5, 0.6) is 0 Å². The van der Waals surface area contributed by atoms with Crippen LogP contribution in [0.1, 0.15) is 37.0 Å². The molecule has 1 aromatic carbocycles. The molecule has 0 aliphatic carbocycles. The fourth-order valence-electron chi connectivity index (χ4n) is 4.01. The number of carbonyl (C=O) groups excluding carboxylic acids is 2. The first-order valence-electron chi connectivity index (χ1n) is 11.4. The summed E-state index contributed by atoms with van der Waals surface area (Å²) < 4.78 is 5.39. The number of thioether (sulfide) groups is 1. The summed E-state index contributed by atoms with van der Waals surface area (Å²) in [7, 11) is 1.78. The van der Waals surface area contributed by atoms with Gasteiger partial charge < -0.3 is 15.2 Å². The summed E-state index contributed by atoms with van der Waals surface area (Å²) >= 11 is 1.23. The molecule has 9 nitrogen and oxygen atoms in total. The number of carbonyl (C=O) groups is 2. The molecular formula is C24H30N6O3S. The highest BCUT2D eigenvalue weighted by Gasteiger charge is 2.22. The van der Waals surface area contributed by atoms with Crippen LogP contribution in [0.3, 0.4) is 0 Å². The number of para-hydroxylation sites is 1. The molecule has 0 radical (unpaired) electrons. The van der Waals surface area contributed by atoms with E-state index < -0.39 is 5.25 Å². The first-order chi connectivity index (χ1) is 16.3. The Labute approximate surface area is 202 Å². The lowest BCUT2D eigenvalue weighted by molar-refractivity contribution is -0.118. The average Bonchev–Trinajstić information content (AvgIpc) is 3.35. The van der Waals surface area contributed by atoms with E-state index in [1.54, 1.807) is 25.6 Å². The molecule has 2 N–H and O–H groups in total. The maximum Gasteiger partial charge on any atom is 0.295 e. The van der Waals surface area contributed by atoms with Crippen molar-refractivity contribution >= 4 is 29.3 Å². The molecule has 34 heavy (non-hydrogen) atoms. The Morgan fingerprint density at radius 3 is 2.71 bits per heavy atom. The zero-order chi connectivity index (χ0) is 24.2. The molecule has 1 atom stereocenters. The van der Waals surface area contributed by atoms with E-state index >= 15 is 0 Å². The number of hydrogen-bond donors (Lipinski definition) is 2. The number of hydrogen-bond acceptors (Lipinski definition) is 5. The number of rotatable bonds is 8. The van der Waals surface area contributed by atoms with E-state index in [1.807, 2.05) is 36.5 Å². The fourth-order valence-corrected chi connectivity index (χ4v) is 4.72. The molecule has 10 heteroatoms. The minimum absolute atomic E-state index is 0.143. The average molecular weight is 483 g/mol. The lowest BCUT2D eigenvalue weighted by Gasteiger charge is -2.11. The number of nitrogens with one attached hydrogen (secondary N) is 2. The topological polar surface area (TPSA) is 103 Å². The minimum Gasteiger partial charge on any atom is -0.350 e. The van der Waals surface area contributed by atoms with E-state index in [-0.39, 0.29) is 28.8 Å². The van der Waals surface area contributed by atoms with Crippen LogP contribution >= 0.6 is 11.8 Å². The Bertz CT molecular complexity index is 1220. The van der Waals surface area contributed by atoms with Gasteiger partial charge in [0.15, 0.2) is 0 Å². The molecule has 2 amide bonds. The maximum atomic E-state index is 13.0. The van der Waals surface area contributed by atoms with Gasteiger partial charge in [-0.1, -0.05) is 18.2 Å². The highest BCUT2D eigenvalue weighted by molar-refractivity contribution is 8.01. The Morgan fingerprint density at radius 1 is 1.21 bits per heavy atom. The predicted molar refractivity (Wildman–Crippen MR) is 133 cm³/mol. The first-order valence-corrected chi connectivity index (χ1v) is 12.5. The number of nitrogens with zero attached hydrogens (tertiary/aromatic N) is 4. The summed E-state index contributed by atoms with van der Waals surface area (Å²) in [6.07, 6.45) is 5.30. The van der Waals surface area contributed by atoms with E-state index in [0.29, 0.717) is 12.2 Å². The number of aromatic nitrogens is 4. The standard InChI is InChI=1S/C24H30N6O3S/c1-16-22(24(33)30(28(16)3)19-9-5-4-6-10-19)27-23(32)17(2)34-15-21(31)25-13-18-14-29-12-8-7-11-20(29)26-18/h4-6,9-10,14,17H,7-8,11-13,15H2,1-3H3,(H,25,31)(H,27,32). The Kier molecular flexibility index (Phi) is 7.26. The van der Waals surface area contributed by atoms with E-state index in [0.717, 1.165) is 43.0 Å². The van der Waals surface area contributed by atoms with Crippen LogP contribution in [0.25, 0.3) is 5.69 Å². The van der Waals surface area contributed by atoms with E-state index in [4.69, 9.17) is 0 Å². The number of aryl methyl sites for hydroxylation is 2. The summed E-state index contributed by atoms with van der Waals surface area (Å²) in [5, 5.41) is 5.13. The third kappa shape index (κ3) is 5.11. The van der Waals surface area contributed by atoms with Crippen LogP contribution in [0, 0.1) is 6.92 Å². The van der Waals surface area contributed by atoms with Crippen molar-refractivity contribution in [2.24, 2.45) is 7.05 Å². The van der Waals surface area contributed by atoms with Gasteiger partial charge in [0.25, 0.3) is 5.56 Å². The van der Waals surface area contributed by atoms with E-state index in [2.05, 4.69) is 20.2 Å². The smallest absolute Gasteiger partial charge is 0.295 e. The number of amides is 2. The van der Waals surface area contributed by atoms with Crippen LogP contribution in [0.4, 0.5) is 5.69 Å². The first kappa shape index (κ1) is 23.9. The predicted octanol–water partition coefficient (Wildman–Crippen LogP) is 2.39. The number of anilines is 1. The van der Waals surface area contributed by atoms with Crippen LogP contribution in [0.15, 0.2) is 41.3 Å². The molecule has 1 aliphatic heterocycles. The third-order valence-electron chi connectivity index (χ3n) is 6.06. The largest absolute Gasteiger partial charge is 0.350 e. The Hall–Kier alpha value is -3.27. The van der Waals surface area contributed by atoms with Gasteiger partial charge in [-0.15, -0.1) is 11.8 Å². The summed E-state index contributed by atoms with van der Waals surface area (Å²) in [6.45, 7) is 4.87. The second kappa shape index (κ2) is 10.3. The van der Waals surface area contributed by atoms with Gasteiger partial charge >= 0.3 is 0 Å². The quantitative estimate of drug-likeness (QED) is 0.513. The SMILES string of the molecule is Cc1c(NC(=O)C(C)SCC(=O)NCc2cn3c(n2)CCCC3)c(=O)n(-c2ccccc2)n1C. The zero-order valence-corrected chi connectivity index (χ0v) is 20.5. The van der Waals surface area contributed by atoms with Crippen molar-refractivity contribution in [1.82, 2.24) is 24.2 Å². The van der Waals surface area contributed by atoms with Crippen molar-refractivity contribution in [3.8, 4) is 5.69 Å². The maximum absolute atomic E-state index is 13.0. The van der Waals surface area contributed by atoms with Crippen molar-refractivity contribution in [2.45, 2.75) is 51.4 Å². The molecule has 0 saturated heterocycles. The van der Waals surface area contributed by atoms with Gasteiger partial charge in [-0.25, -0.2) is 9.67 Å². The molecule has 3 heterocycles. The van der Waals surface area contributed by atoms with Gasteiger partial charge in [-0.2, -0.15) is 0 Å². The van der Waals surface area contributed by atoms with Crippen molar-refractivity contribution in [3.63, 3.8) is 0 Å². The van der Waals surface area contributed by atoms with E-state index in [1.165, 1.54) is 16.4 Å². The fraction of sp³-hybridized carbons (Fsp3) is 0.417. The van der Waals surface area contributed by atoms with Gasteiger partial charge in [-0.3, -0.25) is 19.1 Å². The highest BCUT2D eigenvalue weighted by Crippen LogP contribution is 2.18. The molecule has 1 aliphatic rings. The van der Waals surface area contributed by atoms with Crippen LogP contribution in [-0.4, -0.2) is 41.7 Å². The summed E-state index contributed by atoms with van der Waals surface area (Å²) in [4.78, 5) is 42.6. The van der Waals surface area contributed by atoms with Crippen LogP contribution in [-0.2, 0) is 36.1 Å². The summed E-state index contributed by atoms with van der Waals surface area (Å²) in [6, 6.07) is 9.26. The molecule has 4 rings (SSSR count). The molecule has 2 aromatic heterocycles. The molecule has 0 spiro atoms. The summed E-state index contributed by atoms with van der Waals surface area (Å²) in [5.41, 5.74) is 2.18. The minimum atomic E-state index is -0.505. The van der Waals surface area contributed by atoms with Gasteiger partial charge in [0.05, 0.1) is 34.6 Å². The Morgan fingerprint density at radius 2 is 1.97 bits per heavy atom. The molecule has 0 fully saturated rings. The van der Waals surface area contributed by atoms with Crippen LogP contribution < -0.4 is 16.2 Å². The molecule has 0 saturated carbocycles. The lowest BCUT2D eigenvalue weighted by atomic mass is 10.2. The molecular weight excluding hydrogens is 452 g/mol. The monoisotopic (exact) mass is 482 g/mol. The highest BCUT2D eigenvalue weighted by atomic mass is 32.2.